The molecule has 1 aromatic carbocycles. The Labute approximate surface area is 135 Å². The first-order valence-corrected chi connectivity index (χ1v) is 7.61. The van der Waals surface area contributed by atoms with E-state index in [0.29, 0.717) is 12.8 Å². The first kappa shape index (κ1) is 15.7. The van der Waals surface area contributed by atoms with Crippen LogP contribution >= 0.6 is 22.6 Å². The summed E-state index contributed by atoms with van der Waals surface area (Å²) in [5.41, 5.74) is 0.862. The maximum absolute atomic E-state index is 12.0. The molecule has 0 unspecified atom stereocenters. The molecule has 0 spiro atoms. The SMILES string of the molecule is O=C1CC[C@H](C(=O)N[C@@H](Cc2ccccc2I)C(=O)O)N1. The van der Waals surface area contributed by atoms with E-state index in [1.165, 1.54) is 0 Å². The summed E-state index contributed by atoms with van der Waals surface area (Å²) in [7, 11) is 0. The Morgan fingerprint density at radius 1 is 1.43 bits per heavy atom. The third-order valence-electron chi connectivity index (χ3n) is 3.31. The molecular formula is C14H15IN2O4. The molecule has 1 aromatic rings. The average molecular weight is 402 g/mol. The molecule has 0 aliphatic carbocycles. The van der Waals surface area contributed by atoms with E-state index in [9.17, 15) is 19.5 Å². The monoisotopic (exact) mass is 402 g/mol. The Morgan fingerprint density at radius 2 is 2.14 bits per heavy atom. The first-order valence-electron chi connectivity index (χ1n) is 6.53. The van der Waals surface area contributed by atoms with Crippen LogP contribution in [0.25, 0.3) is 0 Å². The second-order valence-electron chi connectivity index (χ2n) is 4.85. The van der Waals surface area contributed by atoms with Crippen molar-refractivity contribution in [2.24, 2.45) is 0 Å². The number of carbonyl (C=O) groups excluding carboxylic acids is 2. The second kappa shape index (κ2) is 6.88. The van der Waals surface area contributed by atoms with E-state index in [1.807, 2.05) is 24.3 Å². The van der Waals surface area contributed by atoms with E-state index < -0.39 is 24.0 Å². The second-order valence-corrected chi connectivity index (χ2v) is 6.02. The summed E-state index contributed by atoms with van der Waals surface area (Å²) in [6.45, 7) is 0. The zero-order chi connectivity index (χ0) is 15.4. The highest BCUT2D eigenvalue weighted by Crippen LogP contribution is 2.14. The Kier molecular flexibility index (Phi) is 5.16. The number of carboxylic acid groups (broad SMARTS) is 1. The minimum absolute atomic E-state index is 0.181. The van der Waals surface area contributed by atoms with Gasteiger partial charge >= 0.3 is 5.97 Å². The summed E-state index contributed by atoms with van der Waals surface area (Å²) in [6, 6.07) is 5.78. The van der Waals surface area contributed by atoms with E-state index >= 15 is 0 Å². The van der Waals surface area contributed by atoms with Crippen molar-refractivity contribution in [3.05, 3.63) is 33.4 Å². The van der Waals surface area contributed by atoms with E-state index in [4.69, 9.17) is 0 Å². The molecule has 2 rings (SSSR count). The Morgan fingerprint density at radius 3 is 2.71 bits per heavy atom. The molecule has 112 valence electrons. The lowest BCUT2D eigenvalue weighted by molar-refractivity contribution is -0.142. The van der Waals surface area contributed by atoms with Gasteiger partial charge in [-0.2, -0.15) is 0 Å². The number of benzene rings is 1. The quantitative estimate of drug-likeness (QED) is 0.632. The fourth-order valence-corrected chi connectivity index (χ4v) is 2.77. The standard InChI is InChI=1S/C14H15IN2O4/c15-9-4-2-1-3-8(9)7-11(14(20)21)17-13(19)10-5-6-12(18)16-10/h1-4,10-11H,5-7H2,(H,16,18)(H,17,19)(H,20,21)/t10-,11+/m1/s1. The summed E-state index contributed by atoms with van der Waals surface area (Å²) < 4.78 is 0.949. The predicted octanol–water partition coefficient (Wildman–Crippen LogP) is 0.682. The number of halogens is 1. The van der Waals surface area contributed by atoms with Crippen molar-refractivity contribution < 1.29 is 19.5 Å². The molecule has 2 amide bonds. The van der Waals surface area contributed by atoms with Gasteiger partial charge in [0, 0.05) is 16.4 Å². The maximum Gasteiger partial charge on any atom is 0.326 e. The lowest BCUT2D eigenvalue weighted by Gasteiger charge is -2.18. The molecule has 7 heteroatoms. The van der Waals surface area contributed by atoms with Gasteiger partial charge in [-0.1, -0.05) is 18.2 Å². The summed E-state index contributed by atoms with van der Waals surface area (Å²) in [5.74, 6) is -1.72. The van der Waals surface area contributed by atoms with E-state index in [2.05, 4.69) is 33.2 Å². The molecule has 1 saturated heterocycles. The third-order valence-corrected chi connectivity index (χ3v) is 4.36. The normalized spacial score (nSPS) is 18.9. The average Bonchev–Trinajstić information content (AvgIpc) is 2.87. The molecule has 0 bridgehead atoms. The number of amides is 2. The molecule has 3 N–H and O–H groups in total. The highest BCUT2D eigenvalue weighted by Gasteiger charge is 2.30. The summed E-state index contributed by atoms with van der Waals surface area (Å²) >= 11 is 2.13. The molecule has 2 atom stereocenters. The highest BCUT2D eigenvalue weighted by atomic mass is 127. The van der Waals surface area contributed by atoms with Gasteiger partial charge in [-0.3, -0.25) is 9.59 Å². The molecule has 1 aliphatic rings. The smallest absolute Gasteiger partial charge is 0.326 e. The van der Waals surface area contributed by atoms with Gasteiger partial charge in [0.05, 0.1) is 0 Å². The largest absolute Gasteiger partial charge is 0.480 e. The number of carbonyl (C=O) groups is 3. The number of hydrogen-bond acceptors (Lipinski definition) is 3. The van der Waals surface area contributed by atoms with Crippen molar-refractivity contribution >= 4 is 40.4 Å². The van der Waals surface area contributed by atoms with Crippen LogP contribution in [0, 0.1) is 3.57 Å². The highest BCUT2D eigenvalue weighted by molar-refractivity contribution is 14.1. The van der Waals surface area contributed by atoms with Gasteiger partial charge in [0.15, 0.2) is 0 Å². The molecule has 1 fully saturated rings. The number of rotatable bonds is 5. The van der Waals surface area contributed by atoms with Crippen LogP contribution in [-0.4, -0.2) is 35.0 Å². The molecule has 0 aromatic heterocycles. The van der Waals surface area contributed by atoms with E-state index in [1.54, 1.807) is 0 Å². The fraction of sp³-hybridized carbons (Fsp3) is 0.357. The molecule has 0 radical (unpaired) electrons. The van der Waals surface area contributed by atoms with Crippen LogP contribution in [0.1, 0.15) is 18.4 Å². The van der Waals surface area contributed by atoms with Gasteiger partial charge in [-0.15, -0.1) is 0 Å². The number of nitrogens with one attached hydrogen (secondary N) is 2. The van der Waals surface area contributed by atoms with E-state index in [0.717, 1.165) is 9.13 Å². The lowest BCUT2D eigenvalue weighted by Crippen LogP contribution is -2.49. The van der Waals surface area contributed by atoms with Crippen LogP contribution in [0.3, 0.4) is 0 Å². The number of carboxylic acids is 1. The molecule has 21 heavy (non-hydrogen) atoms. The fourth-order valence-electron chi connectivity index (χ4n) is 2.17. The summed E-state index contributed by atoms with van der Waals surface area (Å²) in [5, 5.41) is 14.3. The number of aliphatic carboxylic acids is 1. The van der Waals surface area contributed by atoms with Crippen molar-refractivity contribution in [3.8, 4) is 0 Å². The maximum atomic E-state index is 12.0. The van der Waals surface area contributed by atoms with Gasteiger partial charge in [0.2, 0.25) is 11.8 Å². The van der Waals surface area contributed by atoms with Crippen molar-refractivity contribution in [1.29, 1.82) is 0 Å². The van der Waals surface area contributed by atoms with Crippen LogP contribution in [0.2, 0.25) is 0 Å². The van der Waals surface area contributed by atoms with Crippen molar-refractivity contribution in [3.63, 3.8) is 0 Å². The lowest BCUT2D eigenvalue weighted by atomic mass is 10.1. The van der Waals surface area contributed by atoms with Gasteiger partial charge < -0.3 is 15.7 Å². The van der Waals surface area contributed by atoms with Crippen LogP contribution < -0.4 is 10.6 Å². The zero-order valence-electron chi connectivity index (χ0n) is 11.1. The Balaban J connectivity index is 2.03. The van der Waals surface area contributed by atoms with E-state index in [-0.39, 0.29) is 12.3 Å². The van der Waals surface area contributed by atoms with Crippen LogP contribution in [0.4, 0.5) is 0 Å². The molecule has 0 saturated carbocycles. The van der Waals surface area contributed by atoms with Crippen LogP contribution in [0.5, 0.6) is 0 Å². The Bertz CT molecular complexity index is 576. The number of hydrogen-bond donors (Lipinski definition) is 3. The third kappa shape index (κ3) is 4.16. The van der Waals surface area contributed by atoms with Gasteiger partial charge in [0.1, 0.15) is 12.1 Å². The van der Waals surface area contributed by atoms with Crippen molar-refractivity contribution in [1.82, 2.24) is 10.6 Å². The van der Waals surface area contributed by atoms with Gasteiger partial charge in [0.25, 0.3) is 0 Å². The topological polar surface area (TPSA) is 95.5 Å². The van der Waals surface area contributed by atoms with Crippen molar-refractivity contribution in [2.45, 2.75) is 31.3 Å². The minimum atomic E-state index is -1.09. The minimum Gasteiger partial charge on any atom is -0.480 e. The zero-order valence-corrected chi connectivity index (χ0v) is 13.3. The first-order chi connectivity index (χ1) is 9.97. The summed E-state index contributed by atoms with van der Waals surface area (Å²) in [4.78, 5) is 34.4. The molecule has 1 heterocycles. The van der Waals surface area contributed by atoms with Gasteiger partial charge in [-0.05, 0) is 40.6 Å². The molecule has 6 nitrogen and oxygen atoms in total. The van der Waals surface area contributed by atoms with Crippen LogP contribution in [-0.2, 0) is 20.8 Å². The van der Waals surface area contributed by atoms with Gasteiger partial charge in [-0.25, -0.2) is 4.79 Å². The molecular weight excluding hydrogens is 387 g/mol. The molecule has 1 aliphatic heterocycles. The Hall–Kier alpha value is -1.64. The van der Waals surface area contributed by atoms with Crippen LogP contribution in [0.15, 0.2) is 24.3 Å². The predicted molar refractivity (Wildman–Crippen MR) is 83.6 cm³/mol. The summed E-state index contributed by atoms with van der Waals surface area (Å²) in [6.07, 6.45) is 0.910. The van der Waals surface area contributed by atoms with Crippen molar-refractivity contribution in [2.75, 3.05) is 0 Å².